The minimum absolute atomic E-state index is 0.0538. The lowest BCUT2D eigenvalue weighted by molar-refractivity contribution is -0.141. The largest absolute Gasteiger partial charge is 0.480 e. The van der Waals surface area contributed by atoms with Crippen molar-refractivity contribution in [2.45, 2.75) is 31.5 Å². The van der Waals surface area contributed by atoms with E-state index in [0.717, 1.165) is 16.5 Å². The Kier molecular flexibility index (Phi) is 6.64. The van der Waals surface area contributed by atoms with Crippen LogP contribution in [0.2, 0.25) is 0 Å². The predicted molar refractivity (Wildman–Crippen MR) is 101 cm³/mol. The standard InChI is InChI=1S/C17H22N4O4S/c1-9(15(22)21-14(8-26)17(24)25)20-16(23)12(18)6-10-7-19-13-5-3-2-4-11(10)13/h2-5,7,9,12,14,19,26H,6,8,18H2,1H3,(H,20,23)(H,21,22)(H,24,25). The number of aliphatic carboxylic acids is 1. The fraction of sp³-hybridized carbons (Fsp3) is 0.353. The van der Waals surface area contributed by atoms with Gasteiger partial charge in [-0.25, -0.2) is 4.79 Å². The van der Waals surface area contributed by atoms with Crippen molar-refractivity contribution in [2.75, 3.05) is 5.75 Å². The van der Waals surface area contributed by atoms with Gasteiger partial charge < -0.3 is 26.5 Å². The van der Waals surface area contributed by atoms with Crippen LogP contribution in [0.3, 0.4) is 0 Å². The third-order valence-corrected chi connectivity index (χ3v) is 4.37. The number of hydrogen-bond donors (Lipinski definition) is 6. The lowest BCUT2D eigenvalue weighted by atomic mass is 10.0. The molecule has 6 N–H and O–H groups in total. The number of amides is 2. The van der Waals surface area contributed by atoms with Gasteiger partial charge >= 0.3 is 5.97 Å². The minimum Gasteiger partial charge on any atom is -0.480 e. The Labute approximate surface area is 155 Å². The average molecular weight is 378 g/mol. The van der Waals surface area contributed by atoms with E-state index in [-0.39, 0.29) is 5.75 Å². The topological polar surface area (TPSA) is 137 Å². The van der Waals surface area contributed by atoms with Crippen molar-refractivity contribution in [3.05, 3.63) is 36.0 Å². The molecule has 0 saturated carbocycles. The number of para-hydroxylation sites is 1. The number of benzene rings is 1. The number of rotatable bonds is 8. The maximum atomic E-state index is 12.3. The quantitative estimate of drug-likeness (QED) is 0.360. The fourth-order valence-corrected chi connectivity index (χ4v) is 2.75. The molecule has 0 bridgehead atoms. The number of carboxylic acid groups (broad SMARTS) is 1. The summed E-state index contributed by atoms with van der Waals surface area (Å²) in [5, 5.41) is 14.7. The molecule has 9 heteroatoms. The van der Waals surface area contributed by atoms with Crippen LogP contribution in [0, 0.1) is 0 Å². The number of aromatic nitrogens is 1. The van der Waals surface area contributed by atoms with Crippen LogP contribution in [0.15, 0.2) is 30.5 Å². The van der Waals surface area contributed by atoms with Crippen LogP contribution in [0.4, 0.5) is 0 Å². The van der Waals surface area contributed by atoms with Crippen LogP contribution in [0.5, 0.6) is 0 Å². The molecule has 140 valence electrons. The first kappa shape index (κ1) is 19.8. The third kappa shape index (κ3) is 4.77. The highest BCUT2D eigenvalue weighted by Gasteiger charge is 2.24. The number of nitrogens with two attached hydrogens (primary N) is 1. The third-order valence-electron chi connectivity index (χ3n) is 4.00. The number of carboxylic acids is 1. The van der Waals surface area contributed by atoms with E-state index < -0.39 is 35.9 Å². The number of carbonyl (C=O) groups excluding carboxylic acids is 2. The van der Waals surface area contributed by atoms with Gasteiger partial charge in [-0.15, -0.1) is 0 Å². The van der Waals surface area contributed by atoms with Gasteiger partial charge in [-0.05, 0) is 25.0 Å². The van der Waals surface area contributed by atoms with Gasteiger partial charge in [-0.1, -0.05) is 18.2 Å². The summed E-state index contributed by atoms with van der Waals surface area (Å²) in [7, 11) is 0. The minimum atomic E-state index is -1.19. The number of hydrogen-bond acceptors (Lipinski definition) is 5. The van der Waals surface area contributed by atoms with Gasteiger partial charge in [0, 0.05) is 22.9 Å². The Morgan fingerprint density at radius 3 is 2.58 bits per heavy atom. The summed E-state index contributed by atoms with van der Waals surface area (Å²) < 4.78 is 0. The number of H-pyrrole nitrogens is 1. The second-order valence-electron chi connectivity index (χ2n) is 5.98. The highest BCUT2D eigenvalue weighted by Crippen LogP contribution is 2.18. The van der Waals surface area contributed by atoms with E-state index in [0.29, 0.717) is 6.42 Å². The zero-order chi connectivity index (χ0) is 19.3. The summed E-state index contributed by atoms with van der Waals surface area (Å²) in [4.78, 5) is 38.3. The number of thiol groups is 1. The van der Waals surface area contributed by atoms with Crippen molar-refractivity contribution in [2.24, 2.45) is 5.73 Å². The Morgan fingerprint density at radius 1 is 1.23 bits per heavy atom. The van der Waals surface area contributed by atoms with Gasteiger partial charge in [0.25, 0.3) is 0 Å². The predicted octanol–water partition coefficient (Wildman–Crippen LogP) is 0.0416. The van der Waals surface area contributed by atoms with E-state index in [1.807, 2.05) is 24.3 Å². The molecular formula is C17H22N4O4S. The van der Waals surface area contributed by atoms with Gasteiger partial charge in [0.05, 0.1) is 6.04 Å². The Hall–Kier alpha value is -2.52. The van der Waals surface area contributed by atoms with Crippen LogP contribution in [-0.4, -0.2) is 51.8 Å². The lowest BCUT2D eigenvalue weighted by Gasteiger charge is -2.19. The van der Waals surface area contributed by atoms with Crippen LogP contribution in [0.25, 0.3) is 10.9 Å². The molecule has 2 amide bonds. The molecule has 0 spiro atoms. The SMILES string of the molecule is CC(NC(=O)C(N)Cc1c[nH]c2ccccc12)C(=O)NC(CS)C(=O)O. The van der Waals surface area contributed by atoms with Crippen molar-refractivity contribution in [1.82, 2.24) is 15.6 Å². The van der Waals surface area contributed by atoms with Crippen molar-refractivity contribution < 1.29 is 19.5 Å². The highest BCUT2D eigenvalue weighted by atomic mass is 32.1. The average Bonchev–Trinajstić information content (AvgIpc) is 3.02. The maximum Gasteiger partial charge on any atom is 0.327 e. The Balaban J connectivity index is 1.93. The van der Waals surface area contributed by atoms with Crippen LogP contribution in [-0.2, 0) is 20.8 Å². The van der Waals surface area contributed by atoms with Gasteiger partial charge in [-0.2, -0.15) is 12.6 Å². The first-order valence-corrected chi connectivity index (χ1v) is 8.71. The molecule has 1 aromatic heterocycles. The van der Waals surface area contributed by atoms with Crippen molar-refractivity contribution in [3.63, 3.8) is 0 Å². The molecule has 0 aliphatic heterocycles. The van der Waals surface area contributed by atoms with Gasteiger partial charge in [0.2, 0.25) is 11.8 Å². The highest BCUT2D eigenvalue weighted by molar-refractivity contribution is 7.80. The first-order valence-electron chi connectivity index (χ1n) is 8.08. The number of fused-ring (bicyclic) bond motifs is 1. The second kappa shape index (κ2) is 8.72. The Bertz CT molecular complexity index is 807. The molecule has 2 aromatic rings. The molecule has 26 heavy (non-hydrogen) atoms. The zero-order valence-corrected chi connectivity index (χ0v) is 15.1. The number of nitrogens with one attached hydrogen (secondary N) is 3. The van der Waals surface area contributed by atoms with Crippen molar-refractivity contribution in [1.29, 1.82) is 0 Å². The molecule has 0 aliphatic carbocycles. The molecule has 1 heterocycles. The normalized spacial score (nSPS) is 14.4. The van der Waals surface area contributed by atoms with Crippen LogP contribution >= 0.6 is 12.6 Å². The maximum absolute atomic E-state index is 12.3. The smallest absolute Gasteiger partial charge is 0.327 e. The van der Waals surface area contributed by atoms with E-state index in [1.54, 1.807) is 6.20 Å². The molecule has 0 aliphatic rings. The van der Waals surface area contributed by atoms with E-state index >= 15 is 0 Å². The molecule has 8 nitrogen and oxygen atoms in total. The van der Waals surface area contributed by atoms with Crippen LogP contribution < -0.4 is 16.4 Å². The molecule has 3 unspecified atom stereocenters. The second-order valence-corrected chi connectivity index (χ2v) is 6.35. The molecular weight excluding hydrogens is 356 g/mol. The molecule has 3 atom stereocenters. The van der Waals surface area contributed by atoms with Gasteiger partial charge in [-0.3, -0.25) is 9.59 Å². The molecule has 0 saturated heterocycles. The van der Waals surface area contributed by atoms with E-state index in [2.05, 4.69) is 28.2 Å². The summed E-state index contributed by atoms with van der Waals surface area (Å²) in [5.41, 5.74) is 7.82. The fourth-order valence-electron chi connectivity index (χ4n) is 2.50. The van der Waals surface area contributed by atoms with Gasteiger partial charge in [0.15, 0.2) is 0 Å². The van der Waals surface area contributed by atoms with Crippen LogP contribution in [0.1, 0.15) is 12.5 Å². The van der Waals surface area contributed by atoms with E-state index in [1.165, 1.54) is 6.92 Å². The van der Waals surface area contributed by atoms with Crippen molar-refractivity contribution >= 4 is 41.3 Å². The summed E-state index contributed by atoms with van der Waals surface area (Å²) in [6.45, 7) is 1.46. The molecule has 2 rings (SSSR count). The molecule has 0 fully saturated rings. The summed E-state index contributed by atoms with van der Waals surface area (Å²) in [6, 6.07) is 4.79. The van der Waals surface area contributed by atoms with E-state index in [4.69, 9.17) is 10.8 Å². The first-order chi connectivity index (χ1) is 12.3. The summed E-state index contributed by atoms with van der Waals surface area (Å²) >= 11 is 3.87. The Morgan fingerprint density at radius 2 is 1.92 bits per heavy atom. The zero-order valence-electron chi connectivity index (χ0n) is 14.2. The summed E-state index contributed by atoms with van der Waals surface area (Å²) in [5.74, 6) is -2.35. The van der Waals surface area contributed by atoms with Gasteiger partial charge in [0.1, 0.15) is 12.1 Å². The number of aromatic amines is 1. The van der Waals surface area contributed by atoms with E-state index in [9.17, 15) is 14.4 Å². The lowest BCUT2D eigenvalue weighted by Crippen LogP contribution is -2.54. The number of carbonyl (C=O) groups is 3. The van der Waals surface area contributed by atoms with Crippen molar-refractivity contribution in [3.8, 4) is 0 Å². The molecule has 1 aromatic carbocycles. The molecule has 0 radical (unpaired) electrons. The summed E-state index contributed by atoms with van der Waals surface area (Å²) in [6.07, 6.45) is 2.11. The monoisotopic (exact) mass is 378 g/mol.